The van der Waals surface area contributed by atoms with Crippen molar-refractivity contribution in [2.24, 2.45) is 0 Å². The maximum Gasteiger partial charge on any atom is 0.323 e. The van der Waals surface area contributed by atoms with E-state index in [0.717, 1.165) is 47.1 Å². The van der Waals surface area contributed by atoms with Crippen molar-refractivity contribution in [1.29, 1.82) is 0 Å². The first kappa shape index (κ1) is 14.8. The molecule has 114 valence electrons. The fourth-order valence-corrected chi connectivity index (χ4v) is 3.59. The minimum atomic E-state index is -0.178. The van der Waals surface area contributed by atoms with Crippen molar-refractivity contribution in [2.45, 2.75) is 38.3 Å². The summed E-state index contributed by atoms with van der Waals surface area (Å²) in [7, 11) is 0. The number of halogens is 1. The molecule has 1 fully saturated rings. The number of nitrogens with one attached hydrogen (secondary N) is 3. The van der Waals surface area contributed by atoms with E-state index < -0.39 is 0 Å². The average molecular weight is 354 g/mol. The Morgan fingerprint density at radius 2 is 2.14 bits per heavy atom. The first-order chi connectivity index (χ1) is 10.2. The van der Waals surface area contributed by atoms with E-state index >= 15 is 0 Å². The third kappa shape index (κ3) is 3.07. The second kappa shape index (κ2) is 6.34. The molecule has 1 saturated heterocycles. The molecule has 2 aromatic rings. The van der Waals surface area contributed by atoms with Gasteiger partial charge in [0, 0.05) is 11.1 Å². The predicted octanol–water partition coefficient (Wildman–Crippen LogP) is 2.84. The lowest BCUT2D eigenvalue weighted by Crippen LogP contribution is -2.36. The fraction of sp³-hybridized carbons (Fsp3) is 0.533. The lowest BCUT2D eigenvalue weighted by atomic mass is 9.95. The van der Waals surface area contributed by atoms with Crippen LogP contribution in [0.4, 0.5) is 0 Å². The van der Waals surface area contributed by atoms with Gasteiger partial charge in [0.1, 0.15) is 0 Å². The molecule has 2 atom stereocenters. The Hall–Kier alpha value is -1.11. The zero-order chi connectivity index (χ0) is 14.8. The molecule has 3 rings (SSSR count). The van der Waals surface area contributed by atoms with Crippen LogP contribution in [0.15, 0.2) is 21.4 Å². The summed E-state index contributed by atoms with van der Waals surface area (Å²) in [5.41, 5.74) is 2.60. The Morgan fingerprint density at radius 1 is 1.38 bits per heavy atom. The predicted molar refractivity (Wildman–Crippen MR) is 86.6 cm³/mol. The molecule has 1 aromatic carbocycles. The van der Waals surface area contributed by atoms with Crippen molar-refractivity contribution >= 4 is 27.0 Å². The van der Waals surface area contributed by atoms with Crippen molar-refractivity contribution in [1.82, 2.24) is 15.3 Å². The van der Waals surface area contributed by atoms with Gasteiger partial charge in [-0.1, -0.05) is 22.9 Å². The van der Waals surface area contributed by atoms with Crippen LogP contribution in [0.2, 0.25) is 0 Å². The molecule has 0 spiro atoms. The highest BCUT2D eigenvalue weighted by atomic mass is 79.9. The number of hydrogen-bond acceptors (Lipinski definition) is 3. The minimum absolute atomic E-state index is 0.132. The summed E-state index contributed by atoms with van der Waals surface area (Å²) in [4.78, 5) is 17.1. The van der Waals surface area contributed by atoms with Crippen molar-refractivity contribution in [3.63, 3.8) is 0 Å². The summed E-state index contributed by atoms with van der Waals surface area (Å²) < 4.78 is 6.95. The first-order valence-electron chi connectivity index (χ1n) is 7.45. The second-order valence-electron chi connectivity index (χ2n) is 5.44. The van der Waals surface area contributed by atoms with Crippen LogP contribution in [-0.2, 0) is 4.74 Å². The van der Waals surface area contributed by atoms with Crippen LogP contribution in [-0.4, -0.2) is 29.2 Å². The smallest absolute Gasteiger partial charge is 0.323 e. The standard InChI is InChI=1S/C15H20BrN3O2/c1-2-17-14(13-5-3-4-6-21-13)9-7-11-12(8-10(9)16)19-15(20)18-11/h7-8,13-14,17H,2-6H2,1H3,(H2,18,19,20). The Balaban J connectivity index is 2.00. The zero-order valence-corrected chi connectivity index (χ0v) is 13.6. The van der Waals surface area contributed by atoms with Gasteiger partial charge in [-0.05, 0) is 43.5 Å². The van der Waals surface area contributed by atoms with E-state index in [1.165, 1.54) is 6.42 Å². The topological polar surface area (TPSA) is 69.9 Å². The fourth-order valence-electron chi connectivity index (χ4n) is 3.00. The molecule has 0 radical (unpaired) electrons. The number of benzene rings is 1. The van der Waals surface area contributed by atoms with E-state index in [2.05, 4.69) is 38.1 Å². The second-order valence-corrected chi connectivity index (χ2v) is 6.29. The first-order valence-corrected chi connectivity index (χ1v) is 8.24. The van der Waals surface area contributed by atoms with Gasteiger partial charge in [0.15, 0.2) is 0 Å². The summed E-state index contributed by atoms with van der Waals surface area (Å²) in [6.07, 6.45) is 3.58. The highest BCUT2D eigenvalue weighted by Gasteiger charge is 2.27. The van der Waals surface area contributed by atoms with Crippen LogP contribution >= 0.6 is 15.9 Å². The van der Waals surface area contributed by atoms with Gasteiger partial charge in [-0.3, -0.25) is 0 Å². The van der Waals surface area contributed by atoms with E-state index in [9.17, 15) is 4.79 Å². The number of fused-ring (bicyclic) bond motifs is 1. The van der Waals surface area contributed by atoms with Crippen molar-refractivity contribution in [3.05, 3.63) is 32.7 Å². The van der Waals surface area contributed by atoms with Gasteiger partial charge in [0.2, 0.25) is 0 Å². The van der Waals surface area contributed by atoms with Crippen molar-refractivity contribution in [2.75, 3.05) is 13.2 Å². The van der Waals surface area contributed by atoms with Gasteiger partial charge < -0.3 is 20.0 Å². The van der Waals surface area contributed by atoms with Crippen LogP contribution in [0.3, 0.4) is 0 Å². The third-order valence-corrected chi connectivity index (χ3v) is 4.67. The molecule has 3 N–H and O–H groups in total. The minimum Gasteiger partial charge on any atom is -0.376 e. The normalized spacial score (nSPS) is 20.8. The zero-order valence-electron chi connectivity index (χ0n) is 12.0. The molecule has 5 nitrogen and oxygen atoms in total. The summed E-state index contributed by atoms with van der Waals surface area (Å²) >= 11 is 3.63. The maximum absolute atomic E-state index is 11.4. The number of aromatic amines is 2. The Morgan fingerprint density at radius 3 is 2.81 bits per heavy atom. The van der Waals surface area contributed by atoms with Gasteiger partial charge in [0.25, 0.3) is 0 Å². The van der Waals surface area contributed by atoms with Crippen LogP contribution in [0.25, 0.3) is 11.0 Å². The highest BCUT2D eigenvalue weighted by Crippen LogP contribution is 2.33. The monoisotopic (exact) mass is 353 g/mol. The van der Waals surface area contributed by atoms with Gasteiger partial charge in [-0.25, -0.2) is 4.79 Å². The Bertz CT molecular complexity index is 673. The third-order valence-electron chi connectivity index (χ3n) is 3.98. The van der Waals surface area contributed by atoms with E-state index in [1.807, 2.05) is 12.1 Å². The van der Waals surface area contributed by atoms with Gasteiger partial charge in [-0.15, -0.1) is 0 Å². The Labute approximate surface area is 131 Å². The summed E-state index contributed by atoms with van der Waals surface area (Å²) in [6, 6.07) is 4.12. The summed E-state index contributed by atoms with van der Waals surface area (Å²) in [5.74, 6) is 0. The molecule has 2 unspecified atom stereocenters. The molecule has 21 heavy (non-hydrogen) atoms. The van der Waals surface area contributed by atoms with Crippen LogP contribution in [0.5, 0.6) is 0 Å². The molecule has 0 saturated carbocycles. The molecule has 1 aromatic heterocycles. The largest absolute Gasteiger partial charge is 0.376 e. The van der Waals surface area contributed by atoms with E-state index in [1.54, 1.807) is 0 Å². The van der Waals surface area contributed by atoms with Gasteiger partial charge in [-0.2, -0.15) is 0 Å². The number of likely N-dealkylation sites (N-methyl/N-ethyl adjacent to an activating group) is 1. The molecule has 6 heteroatoms. The molecule has 0 aliphatic carbocycles. The van der Waals surface area contributed by atoms with E-state index in [-0.39, 0.29) is 17.8 Å². The number of rotatable bonds is 4. The SMILES string of the molecule is CCNC(c1cc2[nH]c(=O)[nH]c2cc1Br)C1CCCCO1. The van der Waals surface area contributed by atoms with Gasteiger partial charge in [0.05, 0.1) is 23.2 Å². The maximum atomic E-state index is 11.4. The lowest BCUT2D eigenvalue weighted by Gasteiger charge is -2.32. The van der Waals surface area contributed by atoms with Crippen LogP contribution in [0, 0.1) is 0 Å². The summed E-state index contributed by atoms with van der Waals surface area (Å²) in [6.45, 7) is 3.80. The lowest BCUT2D eigenvalue weighted by molar-refractivity contribution is -0.00798. The molecular weight excluding hydrogens is 334 g/mol. The number of aromatic nitrogens is 2. The molecular formula is C15H20BrN3O2. The molecule has 1 aliphatic rings. The van der Waals surface area contributed by atoms with Crippen molar-refractivity contribution < 1.29 is 4.74 Å². The van der Waals surface area contributed by atoms with Crippen LogP contribution < -0.4 is 11.0 Å². The number of ether oxygens (including phenoxy) is 1. The molecule has 2 heterocycles. The highest BCUT2D eigenvalue weighted by molar-refractivity contribution is 9.10. The van der Waals surface area contributed by atoms with Crippen LogP contribution in [0.1, 0.15) is 37.8 Å². The van der Waals surface area contributed by atoms with E-state index in [4.69, 9.17) is 4.74 Å². The number of hydrogen-bond donors (Lipinski definition) is 3. The summed E-state index contributed by atoms with van der Waals surface area (Å²) in [5, 5.41) is 3.52. The average Bonchev–Trinajstić information content (AvgIpc) is 2.84. The molecule has 1 aliphatic heterocycles. The molecule has 0 bridgehead atoms. The van der Waals surface area contributed by atoms with Crippen molar-refractivity contribution in [3.8, 4) is 0 Å². The number of imidazole rings is 1. The van der Waals surface area contributed by atoms with E-state index in [0.29, 0.717) is 0 Å². The number of H-pyrrole nitrogens is 2. The Kier molecular flexibility index (Phi) is 4.47. The quantitative estimate of drug-likeness (QED) is 0.791. The van der Waals surface area contributed by atoms with Gasteiger partial charge >= 0.3 is 5.69 Å². The molecule has 0 amide bonds.